The van der Waals surface area contributed by atoms with Gasteiger partial charge in [0.05, 0.1) is 16.8 Å². The largest absolute Gasteiger partial charge is 0.507 e. The van der Waals surface area contributed by atoms with Gasteiger partial charge < -0.3 is 15.5 Å². The molecule has 2 aromatic carbocycles. The summed E-state index contributed by atoms with van der Waals surface area (Å²) in [5, 5.41) is 23.2. The molecule has 0 saturated carbocycles. The Bertz CT molecular complexity index is 801. The predicted octanol–water partition coefficient (Wildman–Crippen LogP) is 2.52. The van der Waals surface area contributed by atoms with Crippen LogP contribution in [-0.2, 0) is 0 Å². The maximum Gasteiger partial charge on any atom is 0.198 e. The second kappa shape index (κ2) is 5.35. The van der Waals surface area contributed by atoms with Crippen molar-refractivity contribution in [2.24, 2.45) is 0 Å². The lowest BCUT2D eigenvalue weighted by atomic mass is 9.82. The fraction of sp³-hybridized carbons (Fsp3) is 0.125. The number of hydrogen-bond acceptors (Lipinski definition) is 5. The van der Waals surface area contributed by atoms with E-state index in [0.717, 1.165) is 0 Å². The summed E-state index contributed by atoms with van der Waals surface area (Å²) in [6.07, 6.45) is 0. The average Bonchev–Trinajstić information content (AvgIpc) is 2.53. The molecule has 112 valence electrons. The van der Waals surface area contributed by atoms with E-state index in [1.807, 2.05) is 0 Å². The molecule has 0 bridgehead atoms. The zero-order valence-electron chi connectivity index (χ0n) is 11.4. The molecule has 3 N–H and O–H groups in total. The Morgan fingerprint density at radius 2 is 1.59 bits per heavy atom. The third-order valence-corrected chi connectivity index (χ3v) is 3.75. The van der Waals surface area contributed by atoms with Crippen LogP contribution in [0, 0.1) is 0 Å². The number of ketones is 2. The van der Waals surface area contributed by atoms with Crippen molar-refractivity contribution in [1.29, 1.82) is 0 Å². The van der Waals surface area contributed by atoms with Gasteiger partial charge in [0.1, 0.15) is 5.75 Å². The van der Waals surface area contributed by atoms with Crippen molar-refractivity contribution >= 4 is 28.9 Å². The summed E-state index contributed by atoms with van der Waals surface area (Å²) in [4.78, 5) is 25.1. The number of nitrogens with one attached hydrogen (secondary N) is 1. The summed E-state index contributed by atoms with van der Waals surface area (Å²) < 4.78 is 0. The van der Waals surface area contributed by atoms with Crippen molar-refractivity contribution in [2.75, 3.05) is 17.7 Å². The molecular weight excluding hydrogens is 306 g/mol. The predicted molar refractivity (Wildman–Crippen MR) is 82.3 cm³/mol. The number of fused-ring (bicyclic) bond motifs is 2. The SMILES string of the molecule is O=C1c2ccccc2C(=O)c2c(O)c(NCCCl)cc(O)c21. The van der Waals surface area contributed by atoms with Gasteiger partial charge in [-0.2, -0.15) is 0 Å². The lowest BCUT2D eigenvalue weighted by molar-refractivity contribution is 0.0974. The zero-order chi connectivity index (χ0) is 15.9. The molecule has 0 aromatic heterocycles. The molecule has 0 spiro atoms. The van der Waals surface area contributed by atoms with Crippen LogP contribution in [-0.4, -0.2) is 34.2 Å². The first-order valence-corrected chi connectivity index (χ1v) is 7.17. The molecule has 6 heteroatoms. The minimum Gasteiger partial charge on any atom is -0.507 e. The van der Waals surface area contributed by atoms with Gasteiger partial charge >= 0.3 is 0 Å². The maximum absolute atomic E-state index is 12.6. The van der Waals surface area contributed by atoms with E-state index in [1.165, 1.54) is 18.2 Å². The summed E-state index contributed by atoms with van der Waals surface area (Å²) in [5.41, 5.74) is 0.246. The number of aromatic hydroxyl groups is 2. The highest BCUT2D eigenvalue weighted by atomic mass is 35.5. The normalized spacial score (nSPS) is 12.8. The molecule has 0 unspecified atom stereocenters. The molecule has 0 heterocycles. The Hall–Kier alpha value is -2.53. The van der Waals surface area contributed by atoms with Crippen LogP contribution >= 0.6 is 11.6 Å². The van der Waals surface area contributed by atoms with Crippen molar-refractivity contribution in [3.63, 3.8) is 0 Å². The van der Waals surface area contributed by atoms with E-state index >= 15 is 0 Å². The summed E-state index contributed by atoms with van der Waals surface area (Å²) in [6.45, 7) is 0.339. The second-order valence-electron chi connectivity index (χ2n) is 4.86. The molecule has 1 aliphatic carbocycles. The molecular formula is C16H12ClNO4. The van der Waals surface area contributed by atoms with Crippen molar-refractivity contribution in [2.45, 2.75) is 0 Å². The molecule has 3 rings (SSSR count). The summed E-state index contributed by atoms with van der Waals surface area (Å²) in [7, 11) is 0. The fourth-order valence-corrected chi connectivity index (χ4v) is 2.67. The number of alkyl halides is 1. The van der Waals surface area contributed by atoms with E-state index in [4.69, 9.17) is 11.6 Å². The Kier molecular flexibility index (Phi) is 3.50. The van der Waals surface area contributed by atoms with Crippen LogP contribution in [0.5, 0.6) is 11.5 Å². The van der Waals surface area contributed by atoms with Crippen LogP contribution in [0.1, 0.15) is 31.8 Å². The molecule has 2 aromatic rings. The fourth-order valence-electron chi connectivity index (χ4n) is 2.57. The molecule has 0 radical (unpaired) electrons. The van der Waals surface area contributed by atoms with Crippen molar-refractivity contribution < 1.29 is 19.8 Å². The second-order valence-corrected chi connectivity index (χ2v) is 5.24. The first-order chi connectivity index (χ1) is 10.6. The average molecular weight is 318 g/mol. The van der Waals surface area contributed by atoms with Gasteiger partial charge in [0.25, 0.3) is 0 Å². The van der Waals surface area contributed by atoms with Gasteiger partial charge in [0.2, 0.25) is 0 Å². The van der Waals surface area contributed by atoms with E-state index in [9.17, 15) is 19.8 Å². The number of carbonyl (C=O) groups excluding carboxylic acids is 2. The van der Waals surface area contributed by atoms with Crippen LogP contribution in [0.15, 0.2) is 30.3 Å². The van der Waals surface area contributed by atoms with Gasteiger partial charge in [-0.05, 0) is 0 Å². The van der Waals surface area contributed by atoms with Gasteiger partial charge in [-0.15, -0.1) is 11.6 Å². The van der Waals surface area contributed by atoms with Crippen LogP contribution in [0.2, 0.25) is 0 Å². The Balaban J connectivity index is 2.24. The minimum absolute atomic E-state index is 0.164. The standard InChI is InChI=1S/C16H12ClNO4/c17-5-6-18-10-7-11(19)12-13(16(10)22)15(21)9-4-2-1-3-8(9)14(12)20/h1-4,7,18-19,22H,5-6H2. The Morgan fingerprint density at radius 1 is 1.00 bits per heavy atom. The Morgan fingerprint density at radius 3 is 2.18 bits per heavy atom. The van der Waals surface area contributed by atoms with Crippen LogP contribution in [0.25, 0.3) is 0 Å². The summed E-state index contributed by atoms with van der Waals surface area (Å²) in [6, 6.07) is 7.55. The molecule has 1 aliphatic rings. The number of rotatable bonds is 3. The number of hydrogen-bond donors (Lipinski definition) is 3. The lowest BCUT2D eigenvalue weighted by Crippen LogP contribution is -2.21. The maximum atomic E-state index is 12.6. The van der Waals surface area contributed by atoms with E-state index in [1.54, 1.807) is 12.1 Å². The van der Waals surface area contributed by atoms with E-state index in [2.05, 4.69) is 5.32 Å². The third kappa shape index (κ3) is 2.02. The molecule has 0 amide bonds. The highest BCUT2D eigenvalue weighted by Crippen LogP contribution is 2.42. The van der Waals surface area contributed by atoms with E-state index < -0.39 is 11.6 Å². The van der Waals surface area contributed by atoms with Crippen molar-refractivity contribution in [3.8, 4) is 11.5 Å². The first kappa shape index (κ1) is 14.4. The highest BCUT2D eigenvalue weighted by molar-refractivity contribution is 6.30. The van der Waals surface area contributed by atoms with Crippen molar-refractivity contribution in [3.05, 3.63) is 52.6 Å². The Labute approximate surface area is 131 Å². The van der Waals surface area contributed by atoms with E-state index in [0.29, 0.717) is 6.54 Å². The topological polar surface area (TPSA) is 86.6 Å². The van der Waals surface area contributed by atoms with Gasteiger partial charge in [-0.3, -0.25) is 9.59 Å². The van der Waals surface area contributed by atoms with E-state index in [-0.39, 0.29) is 45.3 Å². The van der Waals surface area contributed by atoms with Crippen LogP contribution in [0.4, 0.5) is 5.69 Å². The lowest BCUT2D eigenvalue weighted by Gasteiger charge is -2.21. The number of carbonyl (C=O) groups is 2. The minimum atomic E-state index is -0.493. The van der Waals surface area contributed by atoms with Crippen LogP contribution < -0.4 is 5.32 Å². The number of phenolic OH excluding ortho intramolecular Hbond substituents is 2. The molecule has 0 atom stereocenters. The van der Waals surface area contributed by atoms with Gasteiger partial charge in [0.15, 0.2) is 17.3 Å². The summed E-state index contributed by atoms with van der Waals surface area (Å²) in [5.74, 6) is -1.40. The summed E-state index contributed by atoms with van der Waals surface area (Å²) >= 11 is 5.58. The molecule has 0 saturated heterocycles. The monoisotopic (exact) mass is 317 g/mol. The highest BCUT2D eigenvalue weighted by Gasteiger charge is 2.35. The molecule has 5 nitrogen and oxygen atoms in total. The molecule has 22 heavy (non-hydrogen) atoms. The molecule has 0 aliphatic heterocycles. The number of halogens is 1. The molecule has 0 fully saturated rings. The number of phenols is 2. The number of benzene rings is 2. The van der Waals surface area contributed by atoms with Crippen LogP contribution in [0.3, 0.4) is 0 Å². The van der Waals surface area contributed by atoms with Gasteiger partial charge in [0, 0.05) is 29.6 Å². The van der Waals surface area contributed by atoms with Gasteiger partial charge in [-0.1, -0.05) is 24.3 Å². The van der Waals surface area contributed by atoms with Gasteiger partial charge in [-0.25, -0.2) is 0 Å². The first-order valence-electron chi connectivity index (χ1n) is 6.63. The zero-order valence-corrected chi connectivity index (χ0v) is 12.1. The quantitative estimate of drug-likeness (QED) is 0.392. The van der Waals surface area contributed by atoms with Crippen molar-refractivity contribution in [1.82, 2.24) is 0 Å². The third-order valence-electron chi connectivity index (χ3n) is 3.56. The smallest absolute Gasteiger partial charge is 0.198 e. The number of anilines is 1.